The highest BCUT2D eigenvalue weighted by molar-refractivity contribution is 5.94. The first-order valence-corrected chi connectivity index (χ1v) is 8.38. The Labute approximate surface area is 140 Å². The number of rotatable bonds is 4. The van der Waals surface area contributed by atoms with Crippen LogP contribution in [-0.2, 0) is 17.6 Å². The zero-order valence-electron chi connectivity index (χ0n) is 13.7. The van der Waals surface area contributed by atoms with E-state index in [2.05, 4.69) is 16.0 Å². The third-order valence-corrected chi connectivity index (χ3v) is 4.91. The van der Waals surface area contributed by atoms with Crippen LogP contribution in [0.3, 0.4) is 0 Å². The van der Waals surface area contributed by atoms with E-state index in [1.54, 1.807) is 13.3 Å². The molecule has 3 aromatic rings. The second kappa shape index (κ2) is 6.11. The maximum absolute atomic E-state index is 13.1. The number of aromatic amines is 1. The molecule has 24 heavy (non-hydrogen) atoms. The molecule has 1 aliphatic carbocycles. The smallest absolute Gasteiger partial charge is 0.144 e. The van der Waals surface area contributed by atoms with Gasteiger partial charge in [0.15, 0.2) is 0 Å². The Morgan fingerprint density at radius 3 is 3.04 bits per heavy atom. The molecule has 0 saturated heterocycles. The highest BCUT2D eigenvalue weighted by Gasteiger charge is 2.30. The van der Waals surface area contributed by atoms with Crippen LogP contribution < -0.4 is 4.74 Å². The molecule has 0 spiro atoms. The van der Waals surface area contributed by atoms with Gasteiger partial charge >= 0.3 is 0 Å². The minimum absolute atomic E-state index is 0.0587. The fourth-order valence-electron chi connectivity index (χ4n) is 3.80. The van der Waals surface area contributed by atoms with E-state index < -0.39 is 0 Å². The number of carbonyl (C=O) groups excluding carboxylic acids is 1. The summed E-state index contributed by atoms with van der Waals surface area (Å²) >= 11 is 0. The number of hydrogen-bond acceptors (Lipinski definition) is 3. The zero-order chi connectivity index (χ0) is 16.5. The van der Waals surface area contributed by atoms with Crippen LogP contribution in [0.25, 0.3) is 11.0 Å². The first-order chi connectivity index (χ1) is 11.8. The predicted molar refractivity (Wildman–Crippen MR) is 93.5 cm³/mol. The lowest BCUT2D eigenvalue weighted by atomic mass is 9.81. The van der Waals surface area contributed by atoms with Gasteiger partial charge in [0, 0.05) is 35.2 Å². The summed E-state index contributed by atoms with van der Waals surface area (Å²) in [7, 11) is 1.65. The first-order valence-electron chi connectivity index (χ1n) is 8.38. The summed E-state index contributed by atoms with van der Waals surface area (Å²) in [4.78, 5) is 20.9. The minimum Gasteiger partial charge on any atom is -0.496 e. The second-order valence-corrected chi connectivity index (χ2v) is 6.32. The summed E-state index contributed by atoms with van der Waals surface area (Å²) in [5, 5.41) is 1.09. The van der Waals surface area contributed by atoms with Crippen molar-refractivity contribution >= 4 is 16.8 Å². The van der Waals surface area contributed by atoms with Crippen LogP contribution in [0.1, 0.15) is 35.6 Å². The average molecular weight is 320 g/mol. The van der Waals surface area contributed by atoms with Crippen LogP contribution in [0.15, 0.2) is 42.6 Å². The summed E-state index contributed by atoms with van der Waals surface area (Å²) in [5.74, 6) is 0.976. The van der Waals surface area contributed by atoms with Crippen molar-refractivity contribution in [2.75, 3.05) is 7.11 Å². The Bertz CT molecular complexity index is 898. The Morgan fingerprint density at radius 2 is 2.17 bits per heavy atom. The van der Waals surface area contributed by atoms with Gasteiger partial charge in [-0.2, -0.15) is 0 Å². The van der Waals surface area contributed by atoms with Crippen molar-refractivity contribution in [3.63, 3.8) is 0 Å². The van der Waals surface area contributed by atoms with E-state index in [0.29, 0.717) is 6.42 Å². The number of aromatic nitrogens is 2. The first kappa shape index (κ1) is 14.9. The van der Waals surface area contributed by atoms with E-state index in [1.165, 1.54) is 5.69 Å². The molecule has 0 aliphatic heterocycles. The van der Waals surface area contributed by atoms with Crippen molar-refractivity contribution in [3.8, 4) is 5.75 Å². The molecular formula is C20H20N2O2. The fourth-order valence-corrected chi connectivity index (χ4v) is 3.80. The van der Waals surface area contributed by atoms with Crippen LogP contribution in [0.2, 0.25) is 0 Å². The number of aryl methyl sites for hydroxylation is 1. The molecule has 1 unspecified atom stereocenters. The number of fused-ring (bicyclic) bond motifs is 3. The van der Waals surface area contributed by atoms with Gasteiger partial charge in [0.2, 0.25) is 0 Å². The lowest BCUT2D eigenvalue weighted by Crippen LogP contribution is -2.20. The van der Waals surface area contributed by atoms with Crippen LogP contribution in [0, 0.1) is 0 Å². The van der Waals surface area contributed by atoms with Gasteiger partial charge in [0.05, 0.1) is 7.11 Å². The Kier molecular flexibility index (Phi) is 3.81. The van der Waals surface area contributed by atoms with Crippen molar-refractivity contribution in [1.29, 1.82) is 0 Å². The summed E-state index contributed by atoms with van der Waals surface area (Å²) in [6, 6.07) is 11.8. The molecule has 0 saturated carbocycles. The van der Waals surface area contributed by atoms with E-state index in [4.69, 9.17) is 4.74 Å². The number of nitrogens with one attached hydrogen (secondary N) is 1. The maximum atomic E-state index is 13.1. The third kappa shape index (κ3) is 2.48. The van der Waals surface area contributed by atoms with Crippen LogP contribution in [-0.4, -0.2) is 22.9 Å². The van der Waals surface area contributed by atoms with Gasteiger partial charge in [0.25, 0.3) is 0 Å². The molecule has 0 fully saturated rings. The molecule has 0 amide bonds. The van der Waals surface area contributed by atoms with E-state index in [1.807, 2.05) is 30.3 Å². The van der Waals surface area contributed by atoms with Gasteiger partial charge < -0.3 is 9.72 Å². The third-order valence-electron chi connectivity index (χ3n) is 4.91. The molecule has 1 atom stereocenters. The van der Waals surface area contributed by atoms with Gasteiger partial charge in [-0.1, -0.05) is 18.2 Å². The Hall–Kier alpha value is -2.62. The van der Waals surface area contributed by atoms with Gasteiger partial charge in [-0.15, -0.1) is 0 Å². The zero-order valence-corrected chi connectivity index (χ0v) is 13.7. The molecule has 0 radical (unpaired) electrons. The molecule has 1 aliphatic rings. The van der Waals surface area contributed by atoms with E-state index >= 15 is 0 Å². The second-order valence-electron chi connectivity index (χ2n) is 6.32. The predicted octanol–water partition coefficient (Wildman–Crippen LogP) is 3.80. The van der Waals surface area contributed by atoms with Gasteiger partial charge in [-0.05, 0) is 43.0 Å². The van der Waals surface area contributed by atoms with Crippen molar-refractivity contribution in [2.45, 2.75) is 31.6 Å². The number of benzene rings is 1. The highest BCUT2D eigenvalue weighted by Crippen LogP contribution is 2.38. The van der Waals surface area contributed by atoms with Gasteiger partial charge in [-0.25, -0.2) is 4.98 Å². The normalized spacial score (nSPS) is 16.8. The number of pyridine rings is 1. The average Bonchev–Trinajstić information content (AvgIpc) is 3.00. The lowest BCUT2D eigenvalue weighted by molar-refractivity contribution is -0.120. The fraction of sp³-hybridized carbons (Fsp3) is 0.300. The maximum Gasteiger partial charge on any atom is 0.144 e. The molecule has 1 aromatic carbocycles. The van der Waals surface area contributed by atoms with E-state index in [0.717, 1.165) is 47.2 Å². The summed E-state index contributed by atoms with van der Waals surface area (Å²) in [5.41, 5.74) is 4.17. The summed E-state index contributed by atoms with van der Waals surface area (Å²) < 4.78 is 5.39. The van der Waals surface area contributed by atoms with Crippen LogP contribution in [0.4, 0.5) is 0 Å². The number of ketones is 1. The Morgan fingerprint density at radius 1 is 1.29 bits per heavy atom. The minimum atomic E-state index is -0.0587. The topological polar surface area (TPSA) is 55.0 Å². The van der Waals surface area contributed by atoms with E-state index in [-0.39, 0.29) is 11.7 Å². The number of ether oxygens (including phenoxy) is 1. The molecular weight excluding hydrogens is 300 g/mol. The largest absolute Gasteiger partial charge is 0.496 e. The van der Waals surface area contributed by atoms with Crippen molar-refractivity contribution < 1.29 is 9.53 Å². The molecule has 4 heteroatoms. The summed E-state index contributed by atoms with van der Waals surface area (Å²) in [6.45, 7) is 0. The highest BCUT2D eigenvalue weighted by atomic mass is 16.5. The molecule has 122 valence electrons. The summed E-state index contributed by atoms with van der Waals surface area (Å²) in [6.07, 6.45) is 5.12. The molecule has 4 nitrogen and oxygen atoms in total. The van der Waals surface area contributed by atoms with Crippen molar-refractivity contribution in [1.82, 2.24) is 9.97 Å². The molecule has 1 N–H and O–H groups in total. The monoisotopic (exact) mass is 320 g/mol. The number of Topliss-reactive ketones (excluding diaryl/α,β-unsaturated/α-hetero) is 1. The van der Waals surface area contributed by atoms with Crippen molar-refractivity contribution in [2.24, 2.45) is 0 Å². The lowest BCUT2D eigenvalue weighted by Gasteiger charge is -2.22. The number of carbonyl (C=O) groups is 1. The SMILES string of the molecule is COc1ccccc1CC(=O)C1CCCc2[nH]c3ncccc3c21. The number of H-pyrrole nitrogens is 1. The molecule has 4 rings (SSSR count). The van der Waals surface area contributed by atoms with Crippen LogP contribution >= 0.6 is 0 Å². The molecule has 0 bridgehead atoms. The number of hydrogen-bond donors (Lipinski definition) is 1. The number of methoxy groups -OCH3 is 1. The molecule has 2 aromatic heterocycles. The van der Waals surface area contributed by atoms with Gasteiger partial charge in [-0.3, -0.25) is 4.79 Å². The van der Waals surface area contributed by atoms with Crippen LogP contribution in [0.5, 0.6) is 5.75 Å². The number of nitrogens with zero attached hydrogens (tertiary/aromatic N) is 1. The van der Waals surface area contributed by atoms with Gasteiger partial charge in [0.1, 0.15) is 17.2 Å². The Balaban J connectivity index is 1.70. The quantitative estimate of drug-likeness (QED) is 0.795. The van der Waals surface area contributed by atoms with Crippen molar-refractivity contribution in [3.05, 3.63) is 59.4 Å². The molecule has 2 heterocycles. The van der Waals surface area contributed by atoms with E-state index in [9.17, 15) is 4.79 Å². The standard InChI is InChI=1S/C20H20N2O2/c1-24-18-10-3-2-6-13(18)12-17(23)14-7-4-9-16-19(14)15-8-5-11-21-20(15)22-16/h2-3,5-6,8,10-11,14H,4,7,9,12H2,1H3,(H,21,22). The number of para-hydroxylation sites is 1.